The molecule has 38 heavy (non-hydrogen) atoms. The van der Waals surface area contributed by atoms with Crippen LogP contribution in [0.25, 0.3) is 44.2 Å². The minimum atomic E-state index is -0.683. The number of phenolic OH excluding ortho intramolecular Hbond substituents is 3. The molecule has 0 saturated carbocycles. The third-order valence-corrected chi connectivity index (χ3v) is 5.90. The lowest BCUT2D eigenvalue weighted by molar-refractivity contribution is 0.463. The van der Waals surface area contributed by atoms with Crippen molar-refractivity contribution in [1.82, 2.24) is 0 Å². The number of para-hydroxylation sites is 2. The summed E-state index contributed by atoms with van der Waals surface area (Å²) in [5.74, 6) is -0.0828. The first-order valence-electron chi connectivity index (χ1n) is 11.4. The Morgan fingerprint density at radius 1 is 0.605 bits per heavy atom. The Hall–Kier alpha value is -5.50. The van der Waals surface area contributed by atoms with Crippen LogP contribution in [0.1, 0.15) is 0 Å². The topological polar surface area (TPSA) is 141 Å². The highest BCUT2D eigenvalue weighted by Crippen LogP contribution is 2.36. The molecule has 188 valence electrons. The number of rotatable bonds is 2. The highest BCUT2D eigenvalue weighted by atomic mass is 16.4. The van der Waals surface area contributed by atoms with E-state index in [2.05, 4.69) is 0 Å². The summed E-state index contributed by atoms with van der Waals surface area (Å²) in [6.07, 6.45) is 1.36. The zero-order valence-electron chi connectivity index (χ0n) is 19.7. The Kier molecular flexibility index (Phi) is 6.28. The fourth-order valence-corrected chi connectivity index (χ4v) is 4.01. The van der Waals surface area contributed by atoms with Gasteiger partial charge >= 0.3 is 5.63 Å². The lowest BCUT2D eigenvalue weighted by Gasteiger charge is -2.07. The van der Waals surface area contributed by atoms with Gasteiger partial charge in [-0.15, -0.1) is 0 Å². The van der Waals surface area contributed by atoms with Crippen molar-refractivity contribution in [2.45, 2.75) is 0 Å². The van der Waals surface area contributed by atoms with Gasteiger partial charge in [0.05, 0.1) is 16.3 Å². The van der Waals surface area contributed by atoms with Crippen molar-refractivity contribution in [2.75, 3.05) is 0 Å². The van der Waals surface area contributed by atoms with E-state index in [0.717, 1.165) is 0 Å². The van der Waals surface area contributed by atoms with E-state index < -0.39 is 5.63 Å². The quantitative estimate of drug-likeness (QED) is 0.217. The van der Waals surface area contributed by atoms with Gasteiger partial charge < -0.3 is 29.3 Å². The standard InChI is InChI=1S/2C15H10O4/c16-10-3-1-9(2-4-10)13-8-19-14-7-11(17)5-6-12(14)15(13)18;16-11-7-3-1-5-9(11)13-14(17)10-6-2-4-8-12(10)19-15(13)18/h2*1-8,16-17H. The maximum absolute atomic E-state index is 12.3. The van der Waals surface area contributed by atoms with Crippen LogP contribution in [-0.2, 0) is 0 Å². The fraction of sp³-hybridized carbons (Fsp3) is 0. The molecule has 2 aromatic heterocycles. The Labute approximate surface area is 214 Å². The Bertz CT molecular complexity index is 1900. The lowest BCUT2D eigenvalue weighted by atomic mass is 10.0. The monoisotopic (exact) mass is 508 g/mol. The number of phenols is 3. The molecule has 0 radical (unpaired) electrons. The van der Waals surface area contributed by atoms with Crippen molar-refractivity contribution >= 4 is 21.9 Å². The van der Waals surface area contributed by atoms with Crippen LogP contribution in [0.2, 0.25) is 0 Å². The van der Waals surface area contributed by atoms with E-state index in [1.807, 2.05) is 0 Å². The van der Waals surface area contributed by atoms with Crippen molar-refractivity contribution in [3.8, 4) is 45.3 Å². The molecule has 0 saturated heterocycles. The summed E-state index contributed by atoms with van der Waals surface area (Å²) in [5.41, 5.74) is 1.09. The number of hydrogen-bond donors (Lipinski definition) is 4. The summed E-state index contributed by atoms with van der Waals surface area (Å²) in [5, 5.41) is 39.5. The first kappa shape index (κ1) is 24.2. The molecule has 6 aromatic rings. The molecule has 0 atom stereocenters. The average Bonchev–Trinajstić information content (AvgIpc) is 2.91. The summed E-state index contributed by atoms with van der Waals surface area (Å²) in [6.45, 7) is 0. The average molecular weight is 508 g/mol. The normalized spacial score (nSPS) is 10.7. The summed E-state index contributed by atoms with van der Waals surface area (Å²) in [6, 6.07) is 23.7. The van der Waals surface area contributed by atoms with E-state index in [1.165, 1.54) is 42.7 Å². The Morgan fingerprint density at radius 3 is 2.05 bits per heavy atom. The van der Waals surface area contributed by atoms with Crippen LogP contribution in [0, 0.1) is 0 Å². The predicted octanol–water partition coefficient (Wildman–Crippen LogP) is 5.74. The van der Waals surface area contributed by atoms with E-state index in [1.54, 1.807) is 54.6 Å². The van der Waals surface area contributed by atoms with Gasteiger partial charge in [0.2, 0.25) is 0 Å². The van der Waals surface area contributed by atoms with Crippen molar-refractivity contribution in [3.05, 3.63) is 118 Å². The Morgan fingerprint density at radius 2 is 1.29 bits per heavy atom. The lowest BCUT2D eigenvalue weighted by Crippen LogP contribution is -2.04. The van der Waals surface area contributed by atoms with Gasteiger partial charge in [-0.05, 0) is 48.0 Å². The summed E-state index contributed by atoms with van der Waals surface area (Å²) in [7, 11) is 0. The molecule has 8 nitrogen and oxygen atoms in total. The van der Waals surface area contributed by atoms with Gasteiger partial charge in [0.15, 0.2) is 5.43 Å². The molecule has 0 bridgehead atoms. The second-order valence-corrected chi connectivity index (χ2v) is 8.33. The molecule has 0 spiro atoms. The van der Waals surface area contributed by atoms with Crippen LogP contribution in [0.15, 0.2) is 116 Å². The predicted molar refractivity (Wildman–Crippen MR) is 142 cm³/mol. The van der Waals surface area contributed by atoms with Gasteiger partial charge in [0, 0.05) is 11.6 Å². The maximum Gasteiger partial charge on any atom is 0.348 e. The highest BCUT2D eigenvalue weighted by Gasteiger charge is 2.17. The molecular weight excluding hydrogens is 488 g/mol. The summed E-state index contributed by atoms with van der Waals surface area (Å²) >= 11 is 0. The van der Waals surface area contributed by atoms with Crippen molar-refractivity contribution in [1.29, 1.82) is 0 Å². The third kappa shape index (κ3) is 4.54. The van der Waals surface area contributed by atoms with Crippen LogP contribution in [0.3, 0.4) is 0 Å². The van der Waals surface area contributed by atoms with Crippen molar-refractivity contribution in [2.24, 2.45) is 0 Å². The smallest absolute Gasteiger partial charge is 0.348 e. The molecule has 0 amide bonds. The molecule has 8 heteroatoms. The zero-order chi connectivity index (χ0) is 26.8. The maximum atomic E-state index is 12.3. The number of hydrogen-bond acceptors (Lipinski definition) is 8. The first-order chi connectivity index (χ1) is 18.3. The SMILES string of the molecule is O=c1c(-c2ccc(O)cc2)coc2cc(O)ccc12.O=c1oc2ccccc2c(O)c1-c1ccccc1O. The third-order valence-electron chi connectivity index (χ3n) is 5.90. The number of benzene rings is 4. The minimum absolute atomic E-state index is 0.0307. The molecule has 0 fully saturated rings. The van der Waals surface area contributed by atoms with E-state index >= 15 is 0 Å². The highest BCUT2D eigenvalue weighted by molar-refractivity contribution is 5.91. The summed E-state index contributed by atoms with van der Waals surface area (Å²) in [4.78, 5) is 24.3. The van der Waals surface area contributed by atoms with E-state index in [0.29, 0.717) is 33.1 Å². The molecular formula is C30H20O8. The second-order valence-electron chi connectivity index (χ2n) is 8.33. The van der Waals surface area contributed by atoms with E-state index in [9.17, 15) is 30.0 Å². The molecule has 4 N–H and O–H groups in total. The minimum Gasteiger partial charge on any atom is -0.508 e. The zero-order valence-corrected chi connectivity index (χ0v) is 19.7. The molecule has 0 aliphatic carbocycles. The molecule has 0 aliphatic heterocycles. The fourth-order valence-electron chi connectivity index (χ4n) is 4.01. The van der Waals surface area contributed by atoms with Gasteiger partial charge in [-0.2, -0.15) is 0 Å². The number of aromatic hydroxyl groups is 4. The van der Waals surface area contributed by atoms with Gasteiger partial charge in [0.1, 0.15) is 46.0 Å². The molecule has 0 aliphatic rings. The molecule has 6 rings (SSSR count). The van der Waals surface area contributed by atoms with Gasteiger partial charge in [-0.3, -0.25) is 4.79 Å². The van der Waals surface area contributed by atoms with Crippen LogP contribution < -0.4 is 11.1 Å². The molecule has 2 heterocycles. The largest absolute Gasteiger partial charge is 0.508 e. The van der Waals surface area contributed by atoms with Crippen LogP contribution >= 0.6 is 0 Å². The van der Waals surface area contributed by atoms with Gasteiger partial charge in [0.25, 0.3) is 0 Å². The second kappa shape index (κ2) is 9.87. The van der Waals surface area contributed by atoms with Crippen LogP contribution in [0.5, 0.6) is 23.0 Å². The van der Waals surface area contributed by atoms with Crippen molar-refractivity contribution < 1.29 is 29.3 Å². The van der Waals surface area contributed by atoms with E-state index in [4.69, 9.17) is 8.83 Å². The van der Waals surface area contributed by atoms with Crippen LogP contribution in [-0.4, -0.2) is 20.4 Å². The first-order valence-corrected chi connectivity index (χ1v) is 11.4. The number of fused-ring (bicyclic) bond motifs is 2. The van der Waals surface area contributed by atoms with Crippen LogP contribution in [0.4, 0.5) is 0 Å². The summed E-state index contributed by atoms with van der Waals surface area (Å²) < 4.78 is 10.5. The Balaban J connectivity index is 0.000000155. The van der Waals surface area contributed by atoms with Gasteiger partial charge in [-0.25, -0.2) is 4.79 Å². The van der Waals surface area contributed by atoms with Gasteiger partial charge in [-0.1, -0.05) is 42.5 Å². The van der Waals surface area contributed by atoms with E-state index in [-0.39, 0.29) is 39.6 Å². The molecule has 4 aromatic carbocycles. The van der Waals surface area contributed by atoms with Crippen molar-refractivity contribution in [3.63, 3.8) is 0 Å². The molecule has 0 unspecified atom stereocenters.